The Morgan fingerprint density at radius 3 is 2.26 bits per heavy atom. The molecule has 0 unspecified atom stereocenters. The number of halogens is 5. The average molecular weight is 659 g/mol. The number of benzene rings is 3. The van der Waals surface area contributed by atoms with Gasteiger partial charge in [-0.1, -0.05) is 46.9 Å². The quantitative estimate of drug-likeness (QED) is 0.201. The molecule has 6 nitrogen and oxygen atoms in total. The van der Waals surface area contributed by atoms with E-state index >= 15 is 0 Å². The zero-order valence-corrected chi connectivity index (χ0v) is 23.0. The minimum atomic E-state index is -0.604. The molecule has 0 aliphatic rings. The summed E-state index contributed by atoms with van der Waals surface area (Å²) in [5.41, 5.74) is 1.29. The summed E-state index contributed by atoms with van der Waals surface area (Å²) in [5, 5.41) is 15.8. The molecule has 11 heteroatoms. The van der Waals surface area contributed by atoms with Crippen molar-refractivity contribution in [1.29, 1.82) is 5.26 Å². The lowest BCUT2D eigenvalue weighted by Crippen LogP contribution is -2.20. The number of nitrogens with one attached hydrogen (secondary N) is 2. The molecular formula is C24H14Br2Cl3N3O3. The third-order valence-electron chi connectivity index (χ3n) is 4.37. The number of ether oxygens (including phenoxy) is 1. The van der Waals surface area contributed by atoms with Crippen LogP contribution in [0.25, 0.3) is 6.08 Å². The number of carbonyl (C=O) groups is 2. The average Bonchev–Trinajstić information content (AvgIpc) is 2.80. The second kappa shape index (κ2) is 12.4. The summed E-state index contributed by atoms with van der Waals surface area (Å²) in [7, 11) is 0. The zero-order chi connectivity index (χ0) is 25.5. The van der Waals surface area contributed by atoms with E-state index in [1.807, 2.05) is 6.07 Å². The fraction of sp³-hybridized carbons (Fsp3) is 0.0417. The maximum absolute atomic E-state index is 12.5. The highest BCUT2D eigenvalue weighted by atomic mass is 79.9. The molecule has 0 saturated carbocycles. The van der Waals surface area contributed by atoms with Crippen LogP contribution in [0.5, 0.6) is 5.75 Å². The molecule has 178 valence electrons. The van der Waals surface area contributed by atoms with Gasteiger partial charge in [0.25, 0.3) is 11.8 Å². The van der Waals surface area contributed by atoms with E-state index < -0.39 is 11.8 Å². The number of para-hydroxylation sites is 1. The van der Waals surface area contributed by atoms with E-state index in [9.17, 15) is 14.9 Å². The number of anilines is 2. The maximum atomic E-state index is 12.5. The van der Waals surface area contributed by atoms with E-state index in [0.29, 0.717) is 46.7 Å². The normalized spacial score (nSPS) is 10.9. The standard InChI is InChI=1S/C24H14Br2Cl3N3O3/c25-16-8-13(7-14(11-30)24(34)32-21-4-2-1-3-19(21)28)9-17(26)23(16)35-12-22(33)31-15-5-6-18(27)20(29)10-15/h1-10H,12H2,(H,31,33)(H,32,34)/b14-7+. The van der Waals surface area contributed by atoms with Gasteiger partial charge in [-0.05, 0) is 86.0 Å². The van der Waals surface area contributed by atoms with Gasteiger partial charge < -0.3 is 15.4 Å². The van der Waals surface area contributed by atoms with Crippen molar-refractivity contribution < 1.29 is 14.3 Å². The van der Waals surface area contributed by atoms with Crippen molar-refractivity contribution in [2.24, 2.45) is 0 Å². The van der Waals surface area contributed by atoms with E-state index in [0.717, 1.165) is 0 Å². The molecule has 35 heavy (non-hydrogen) atoms. The third-order valence-corrected chi connectivity index (χ3v) is 6.62. The lowest BCUT2D eigenvalue weighted by atomic mass is 10.1. The summed E-state index contributed by atoms with van der Waals surface area (Å²) in [5.74, 6) is -0.646. The van der Waals surface area contributed by atoms with Crippen molar-refractivity contribution in [3.05, 3.63) is 89.7 Å². The molecule has 3 aromatic carbocycles. The molecule has 2 N–H and O–H groups in total. The van der Waals surface area contributed by atoms with Crippen LogP contribution >= 0.6 is 66.7 Å². The number of rotatable bonds is 7. The first-order chi connectivity index (χ1) is 16.7. The molecule has 3 rings (SSSR count). The highest BCUT2D eigenvalue weighted by Crippen LogP contribution is 2.35. The first kappa shape index (κ1) is 27.1. The molecular weight excluding hydrogens is 644 g/mol. The molecule has 0 radical (unpaired) electrons. The van der Waals surface area contributed by atoms with Gasteiger partial charge in [-0.15, -0.1) is 0 Å². The van der Waals surface area contributed by atoms with Crippen molar-refractivity contribution in [2.45, 2.75) is 0 Å². The number of nitriles is 1. The maximum Gasteiger partial charge on any atom is 0.266 e. The Morgan fingerprint density at radius 1 is 0.943 bits per heavy atom. The van der Waals surface area contributed by atoms with Gasteiger partial charge in [0.05, 0.1) is 29.7 Å². The largest absolute Gasteiger partial charge is 0.481 e. The molecule has 0 atom stereocenters. The SMILES string of the molecule is N#C/C(=C\c1cc(Br)c(OCC(=O)Nc2ccc(Cl)c(Cl)c2)c(Br)c1)C(=O)Nc1ccccc1Cl. The van der Waals surface area contributed by atoms with Crippen LogP contribution in [0.15, 0.2) is 69.1 Å². The van der Waals surface area contributed by atoms with Gasteiger partial charge in [0.1, 0.15) is 17.4 Å². The van der Waals surface area contributed by atoms with Crippen molar-refractivity contribution in [3.63, 3.8) is 0 Å². The Kier molecular flexibility index (Phi) is 9.61. The molecule has 0 spiro atoms. The zero-order valence-electron chi connectivity index (χ0n) is 17.5. The molecule has 0 aromatic heterocycles. The summed E-state index contributed by atoms with van der Waals surface area (Å²) >= 11 is 24.7. The number of hydrogen-bond donors (Lipinski definition) is 2. The molecule has 0 saturated heterocycles. The van der Waals surface area contributed by atoms with E-state index in [4.69, 9.17) is 39.5 Å². The van der Waals surface area contributed by atoms with Gasteiger partial charge in [0.15, 0.2) is 6.61 Å². The molecule has 2 amide bonds. The van der Waals surface area contributed by atoms with E-state index in [2.05, 4.69) is 42.5 Å². The molecule has 0 bridgehead atoms. The molecule has 0 aliphatic heterocycles. The predicted octanol–water partition coefficient (Wildman–Crippen LogP) is 7.73. The predicted molar refractivity (Wildman–Crippen MR) is 146 cm³/mol. The Morgan fingerprint density at radius 2 is 1.63 bits per heavy atom. The van der Waals surface area contributed by atoms with Crippen LogP contribution in [-0.2, 0) is 9.59 Å². The van der Waals surface area contributed by atoms with Crippen molar-refractivity contribution in [3.8, 4) is 11.8 Å². The third kappa shape index (κ3) is 7.47. The number of carbonyl (C=O) groups excluding carboxylic acids is 2. The van der Waals surface area contributed by atoms with E-state index in [1.165, 1.54) is 12.1 Å². The minimum Gasteiger partial charge on any atom is -0.481 e. The van der Waals surface area contributed by atoms with E-state index in [-0.39, 0.29) is 12.2 Å². The Balaban J connectivity index is 1.70. The molecule has 3 aromatic rings. The topological polar surface area (TPSA) is 91.2 Å². The monoisotopic (exact) mass is 655 g/mol. The van der Waals surface area contributed by atoms with Crippen LogP contribution in [0.3, 0.4) is 0 Å². The van der Waals surface area contributed by atoms with Crippen LogP contribution in [0.2, 0.25) is 15.1 Å². The summed E-state index contributed by atoms with van der Waals surface area (Å²) in [4.78, 5) is 24.8. The first-order valence-corrected chi connectivity index (χ1v) is 12.4. The van der Waals surface area contributed by atoms with Crippen LogP contribution in [0, 0.1) is 11.3 Å². The summed E-state index contributed by atoms with van der Waals surface area (Å²) in [6, 6.07) is 16.6. The number of amides is 2. The highest BCUT2D eigenvalue weighted by molar-refractivity contribution is 9.11. The van der Waals surface area contributed by atoms with Gasteiger partial charge in [-0.2, -0.15) is 5.26 Å². The lowest BCUT2D eigenvalue weighted by Gasteiger charge is -2.12. The number of hydrogen-bond acceptors (Lipinski definition) is 4. The van der Waals surface area contributed by atoms with Crippen LogP contribution in [-0.4, -0.2) is 18.4 Å². The Labute approximate surface area is 233 Å². The fourth-order valence-electron chi connectivity index (χ4n) is 2.78. The second-order valence-electron chi connectivity index (χ2n) is 6.88. The smallest absolute Gasteiger partial charge is 0.266 e. The first-order valence-electron chi connectivity index (χ1n) is 9.72. The summed E-state index contributed by atoms with van der Waals surface area (Å²) < 4.78 is 6.64. The Bertz CT molecular complexity index is 1350. The van der Waals surface area contributed by atoms with Gasteiger partial charge in [-0.25, -0.2) is 0 Å². The van der Waals surface area contributed by atoms with Crippen LogP contribution < -0.4 is 15.4 Å². The van der Waals surface area contributed by atoms with Gasteiger partial charge in [0.2, 0.25) is 0 Å². The van der Waals surface area contributed by atoms with Crippen molar-refractivity contribution >= 4 is 95.9 Å². The fourth-order valence-corrected chi connectivity index (χ4v) is 4.71. The Hall–Kier alpha value is -2.54. The molecule has 0 fully saturated rings. The number of nitrogens with zero attached hydrogens (tertiary/aromatic N) is 1. The second-order valence-corrected chi connectivity index (χ2v) is 9.81. The van der Waals surface area contributed by atoms with E-state index in [1.54, 1.807) is 48.5 Å². The molecule has 0 heterocycles. The van der Waals surface area contributed by atoms with Gasteiger partial charge in [0, 0.05) is 5.69 Å². The minimum absolute atomic E-state index is 0.126. The van der Waals surface area contributed by atoms with Gasteiger partial charge in [-0.3, -0.25) is 9.59 Å². The van der Waals surface area contributed by atoms with Crippen LogP contribution in [0.4, 0.5) is 11.4 Å². The highest BCUT2D eigenvalue weighted by Gasteiger charge is 2.15. The van der Waals surface area contributed by atoms with Crippen LogP contribution in [0.1, 0.15) is 5.56 Å². The van der Waals surface area contributed by atoms with Gasteiger partial charge >= 0.3 is 0 Å². The lowest BCUT2D eigenvalue weighted by molar-refractivity contribution is -0.118. The molecule has 0 aliphatic carbocycles. The summed E-state index contributed by atoms with van der Waals surface area (Å²) in [6.45, 7) is -0.281. The van der Waals surface area contributed by atoms with Crippen molar-refractivity contribution in [2.75, 3.05) is 17.2 Å². The summed E-state index contributed by atoms with van der Waals surface area (Å²) in [6.07, 6.45) is 1.42. The van der Waals surface area contributed by atoms with Crippen molar-refractivity contribution in [1.82, 2.24) is 0 Å².